The topological polar surface area (TPSA) is 43.3 Å². The molecule has 5 nitrogen and oxygen atoms in total. The number of aromatic nitrogens is 2. The number of hydrogen-bond acceptors (Lipinski definition) is 3. The van der Waals surface area contributed by atoms with Crippen molar-refractivity contribution in [1.82, 2.24) is 4.90 Å². The molecule has 0 aliphatic heterocycles. The molecule has 0 fully saturated rings. The van der Waals surface area contributed by atoms with Gasteiger partial charge in [-0.2, -0.15) is 0 Å². The lowest BCUT2D eigenvalue weighted by molar-refractivity contribution is -0.648. The lowest BCUT2D eigenvalue weighted by Crippen LogP contribution is -3.00. The molecule has 0 saturated heterocycles. The molecule has 0 saturated carbocycles. The number of rotatable bonds is 10. The number of halogens is 2. The fourth-order valence-corrected chi connectivity index (χ4v) is 4.14. The van der Waals surface area contributed by atoms with Crippen LogP contribution in [0.15, 0.2) is 36.7 Å². The fourth-order valence-electron chi connectivity index (χ4n) is 4.14. The van der Waals surface area contributed by atoms with Gasteiger partial charge in [-0.1, -0.05) is 26.7 Å². The van der Waals surface area contributed by atoms with Gasteiger partial charge in [0.15, 0.2) is 17.8 Å². The maximum Gasteiger partial charge on any atom is 0.232 e. The van der Waals surface area contributed by atoms with E-state index in [1.807, 2.05) is 24.9 Å². The van der Waals surface area contributed by atoms with Crippen LogP contribution in [0.5, 0.6) is 5.75 Å². The predicted octanol–water partition coefficient (Wildman–Crippen LogP) is -2.33. The first kappa shape index (κ1) is 27.6. The normalized spacial score (nSPS) is 10.9. The molecule has 1 aromatic carbocycles. The van der Waals surface area contributed by atoms with Crippen molar-refractivity contribution in [2.45, 2.75) is 39.5 Å². The number of hydrogen-bond donors (Lipinski definition) is 2. The Kier molecular flexibility index (Phi) is 11.7. The number of benzene rings is 1. The molecule has 0 spiro atoms. The van der Waals surface area contributed by atoms with Gasteiger partial charge in [0.05, 0.1) is 11.1 Å². The summed E-state index contributed by atoms with van der Waals surface area (Å²) in [6.45, 7) is 8.97. The Balaban J connectivity index is 0.00000240. The molecule has 0 unspecified atom stereocenters. The van der Waals surface area contributed by atoms with Crippen LogP contribution in [0.25, 0.3) is 21.8 Å². The zero-order chi connectivity index (χ0) is 20.8. The van der Waals surface area contributed by atoms with E-state index in [1.165, 1.54) is 32.2 Å². The summed E-state index contributed by atoms with van der Waals surface area (Å²) >= 11 is 0. The number of aromatic hydroxyl groups is 1. The summed E-state index contributed by atoms with van der Waals surface area (Å²) in [5.74, 6) is 0.324. The van der Waals surface area contributed by atoms with Crippen molar-refractivity contribution in [3.8, 4) is 5.75 Å². The highest BCUT2D eigenvalue weighted by Crippen LogP contribution is 2.31. The number of nitrogens with one attached hydrogen (secondary N) is 1. The molecule has 2 heterocycles. The second-order valence-electron chi connectivity index (χ2n) is 7.88. The highest BCUT2D eigenvalue weighted by Gasteiger charge is 2.21. The van der Waals surface area contributed by atoms with Crippen LogP contribution in [0.4, 0.5) is 5.69 Å². The lowest BCUT2D eigenvalue weighted by Gasteiger charge is -2.17. The zero-order valence-electron chi connectivity index (χ0n) is 19.2. The average Bonchev–Trinajstić information content (AvgIpc) is 2.73. The molecule has 0 atom stereocenters. The number of unbranched alkanes of at least 4 members (excludes halogenated alkanes) is 3. The molecule has 0 radical (unpaired) electrons. The Hall–Kier alpha value is -1.44. The van der Waals surface area contributed by atoms with Crippen LogP contribution in [0.3, 0.4) is 0 Å². The fraction of sp³-hybridized carbons (Fsp3) is 0.500. The molecule has 2 N–H and O–H groups in total. The number of aryl methyl sites for hydroxylation is 2. The number of fused-ring (bicyclic) bond motifs is 3. The SMILES string of the molecule is CCN(CC)CCCCCCNc1cc[n+](C)c2c1ccc1c2c(O)cc[n+]1C.[Br-].[Br-]. The Morgan fingerprint density at radius 1 is 0.871 bits per heavy atom. The molecule has 2 aromatic heterocycles. The van der Waals surface area contributed by atoms with Crippen LogP contribution in [0.1, 0.15) is 39.5 Å². The highest BCUT2D eigenvalue weighted by atomic mass is 79.9. The smallest absolute Gasteiger partial charge is 0.232 e. The Labute approximate surface area is 207 Å². The molecule has 0 aliphatic carbocycles. The first-order valence-electron chi connectivity index (χ1n) is 11.0. The highest BCUT2D eigenvalue weighted by molar-refractivity contribution is 6.07. The minimum atomic E-state index is 0. The third kappa shape index (κ3) is 6.53. The summed E-state index contributed by atoms with van der Waals surface area (Å²) in [5, 5.41) is 16.2. The second-order valence-corrected chi connectivity index (χ2v) is 7.88. The Bertz CT molecular complexity index is 977. The number of anilines is 1. The molecule has 0 bridgehead atoms. The van der Waals surface area contributed by atoms with Crippen molar-refractivity contribution in [1.29, 1.82) is 0 Å². The van der Waals surface area contributed by atoms with Gasteiger partial charge in [0.2, 0.25) is 11.0 Å². The van der Waals surface area contributed by atoms with E-state index in [0.29, 0.717) is 5.75 Å². The average molecular weight is 556 g/mol. The van der Waals surface area contributed by atoms with Gasteiger partial charge in [0.1, 0.15) is 19.8 Å². The molecule has 7 heteroatoms. The second kappa shape index (κ2) is 13.2. The van der Waals surface area contributed by atoms with Gasteiger partial charge < -0.3 is 49.3 Å². The van der Waals surface area contributed by atoms with E-state index in [0.717, 1.165) is 47.1 Å². The van der Waals surface area contributed by atoms with Crippen molar-refractivity contribution in [3.63, 3.8) is 0 Å². The van der Waals surface area contributed by atoms with Gasteiger partial charge in [-0.3, -0.25) is 0 Å². The third-order valence-electron chi connectivity index (χ3n) is 5.97. The van der Waals surface area contributed by atoms with E-state index < -0.39 is 0 Å². The number of nitrogens with zero attached hydrogens (tertiary/aromatic N) is 3. The van der Waals surface area contributed by atoms with Crippen molar-refractivity contribution < 1.29 is 48.2 Å². The van der Waals surface area contributed by atoms with Crippen LogP contribution >= 0.6 is 0 Å². The van der Waals surface area contributed by atoms with Gasteiger partial charge in [-0.15, -0.1) is 0 Å². The molecule has 31 heavy (non-hydrogen) atoms. The monoisotopic (exact) mass is 554 g/mol. The molecule has 172 valence electrons. The largest absolute Gasteiger partial charge is 1.00 e. The molecule has 0 aliphatic rings. The first-order chi connectivity index (χ1) is 14.1. The summed E-state index contributed by atoms with van der Waals surface area (Å²) in [6.07, 6.45) is 8.97. The van der Waals surface area contributed by atoms with Crippen LogP contribution in [0.2, 0.25) is 0 Å². The van der Waals surface area contributed by atoms with Crippen molar-refractivity contribution in [3.05, 3.63) is 36.7 Å². The maximum atomic E-state index is 10.5. The zero-order valence-corrected chi connectivity index (χ0v) is 22.3. The van der Waals surface area contributed by atoms with Gasteiger partial charge >= 0.3 is 0 Å². The van der Waals surface area contributed by atoms with Crippen molar-refractivity contribution >= 4 is 27.5 Å². The number of pyridine rings is 2. The van der Waals surface area contributed by atoms with Crippen LogP contribution in [0, 0.1) is 0 Å². The van der Waals surface area contributed by atoms with Crippen LogP contribution in [-0.4, -0.2) is 36.2 Å². The Morgan fingerprint density at radius 3 is 2.26 bits per heavy atom. The third-order valence-corrected chi connectivity index (χ3v) is 5.97. The summed E-state index contributed by atoms with van der Waals surface area (Å²) in [6, 6.07) is 8.15. The van der Waals surface area contributed by atoms with E-state index in [-0.39, 0.29) is 34.0 Å². The maximum absolute atomic E-state index is 10.5. The van der Waals surface area contributed by atoms with E-state index in [2.05, 4.69) is 53.0 Å². The lowest BCUT2D eigenvalue weighted by atomic mass is 10.1. The van der Waals surface area contributed by atoms with E-state index in [1.54, 1.807) is 6.07 Å². The van der Waals surface area contributed by atoms with Crippen molar-refractivity contribution in [2.24, 2.45) is 14.1 Å². The molecule has 0 amide bonds. The molecular weight excluding hydrogens is 520 g/mol. The van der Waals surface area contributed by atoms with Crippen molar-refractivity contribution in [2.75, 3.05) is 31.5 Å². The van der Waals surface area contributed by atoms with Crippen LogP contribution in [-0.2, 0) is 14.1 Å². The molecular formula is C24H36Br2N4O. The first-order valence-corrected chi connectivity index (χ1v) is 11.0. The van der Waals surface area contributed by atoms with E-state index >= 15 is 0 Å². The van der Waals surface area contributed by atoms with Gasteiger partial charge in [0, 0.05) is 24.7 Å². The molecule has 3 aromatic rings. The summed E-state index contributed by atoms with van der Waals surface area (Å²) < 4.78 is 4.14. The standard InChI is InChI=1S/C24H34N4O.2BrH/c1-5-28(6-2)16-10-8-7-9-15-25-20-13-17-27(4)24-19(20)11-12-21-23(24)22(29)14-18-26(21)3;;/h11-14,17-18H,5-10,15-16H2,1-4H3;2*1H. The molecule has 3 rings (SSSR count). The minimum absolute atomic E-state index is 0. The Morgan fingerprint density at radius 2 is 1.55 bits per heavy atom. The predicted molar refractivity (Wildman–Crippen MR) is 120 cm³/mol. The van der Waals surface area contributed by atoms with E-state index in [4.69, 9.17) is 0 Å². The summed E-state index contributed by atoms with van der Waals surface area (Å²) in [5.41, 5.74) is 3.22. The van der Waals surface area contributed by atoms with Gasteiger partial charge in [-0.25, -0.2) is 9.13 Å². The summed E-state index contributed by atoms with van der Waals surface area (Å²) in [4.78, 5) is 2.49. The quantitative estimate of drug-likeness (QED) is 0.168. The van der Waals surface area contributed by atoms with E-state index in [9.17, 15) is 5.11 Å². The van der Waals surface area contributed by atoms with Gasteiger partial charge in [-0.05, 0) is 38.5 Å². The minimum Gasteiger partial charge on any atom is -1.00 e. The van der Waals surface area contributed by atoms with Crippen LogP contribution < -0.4 is 48.4 Å². The van der Waals surface area contributed by atoms with Gasteiger partial charge in [0.25, 0.3) is 0 Å². The summed E-state index contributed by atoms with van der Waals surface area (Å²) in [7, 11) is 4.05.